The first-order valence-corrected chi connectivity index (χ1v) is 2.56. The second-order valence-corrected chi connectivity index (χ2v) is 1.80. The van der Waals surface area contributed by atoms with Crippen molar-refractivity contribution in [3.63, 3.8) is 0 Å². The molecule has 0 aromatic rings. The highest BCUT2D eigenvalue weighted by Gasteiger charge is 1.97. The van der Waals surface area contributed by atoms with E-state index in [9.17, 15) is 0 Å². The first-order valence-electron chi connectivity index (χ1n) is 2.56. The van der Waals surface area contributed by atoms with Crippen molar-refractivity contribution in [2.45, 2.75) is 20.3 Å². The van der Waals surface area contributed by atoms with Crippen molar-refractivity contribution in [3.8, 4) is 0 Å². The van der Waals surface area contributed by atoms with E-state index in [1.54, 1.807) is 0 Å². The molecule has 0 saturated heterocycles. The highest BCUT2D eigenvalue weighted by atomic mass is 16.3. The standard InChI is InChI=1S/C6H12O/c1-4-5(2)6(3)7/h5,7H,3-4H2,1-2H3/t5-/m1/s1. The largest absolute Gasteiger partial charge is 0.513 e. The Morgan fingerprint density at radius 3 is 2.29 bits per heavy atom. The summed E-state index contributed by atoms with van der Waals surface area (Å²) >= 11 is 0. The van der Waals surface area contributed by atoms with Crippen LogP contribution in [0.1, 0.15) is 20.3 Å². The zero-order chi connectivity index (χ0) is 5.86. The number of hydrogen-bond acceptors (Lipinski definition) is 1. The average molecular weight is 100 g/mol. The van der Waals surface area contributed by atoms with Crippen LogP contribution in [-0.2, 0) is 0 Å². The molecule has 0 saturated carbocycles. The maximum Gasteiger partial charge on any atom is 0.0879 e. The maximum absolute atomic E-state index is 8.63. The molecule has 0 aromatic heterocycles. The second-order valence-electron chi connectivity index (χ2n) is 1.80. The smallest absolute Gasteiger partial charge is 0.0879 e. The summed E-state index contributed by atoms with van der Waals surface area (Å²) in [6.45, 7) is 7.35. The van der Waals surface area contributed by atoms with Crippen LogP contribution >= 0.6 is 0 Å². The molecule has 1 atom stereocenters. The van der Waals surface area contributed by atoms with E-state index < -0.39 is 0 Å². The second kappa shape index (κ2) is 2.67. The fraction of sp³-hybridized carbons (Fsp3) is 0.667. The van der Waals surface area contributed by atoms with Crippen molar-refractivity contribution >= 4 is 0 Å². The predicted octanol–water partition coefficient (Wildman–Crippen LogP) is 2.10. The quantitative estimate of drug-likeness (QED) is 0.527. The molecule has 0 aliphatic heterocycles. The highest BCUT2D eigenvalue weighted by molar-refractivity contribution is 4.84. The van der Waals surface area contributed by atoms with Gasteiger partial charge in [0.05, 0.1) is 5.76 Å². The van der Waals surface area contributed by atoms with Gasteiger partial charge in [0.1, 0.15) is 0 Å². The van der Waals surface area contributed by atoms with Gasteiger partial charge < -0.3 is 5.11 Å². The van der Waals surface area contributed by atoms with Crippen molar-refractivity contribution < 1.29 is 5.11 Å². The minimum absolute atomic E-state index is 0.264. The summed E-state index contributed by atoms with van der Waals surface area (Å²) in [5, 5.41) is 8.63. The van der Waals surface area contributed by atoms with E-state index in [1.807, 2.05) is 13.8 Å². The van der Waals surface area contributed by atoms with Crippen LogP contribution in [0.5, 0.6) is 0 Å². The molecule has 0 unspecified atom stereocenters. The molecule has 42 valence electrons. The molecular formula is C6H12O. The van der Waals surface area contributed by atoms with Gasteiger partial charge in [0.2, 0.25) is 0 Å². The van der Waals surface area contributed by atoms with Gasteiger partial charge in [-0.15, -0.1) is 0 Å². The van der Waals surface area contributed by atoms with E-state index in [0.717, 1.165) is 6.42 Å². The van der Waals surface area contributed by atoms with Gasteiger partial charge in [0.15, 0.2) is 0 Å². The Labute approximate surface area is 44.7 Å². The molecule has 0 rings (SSSR count). The Morgan fingerprint density at radius 1 is 1.86 bits per heavy atom. The number of allylic oxidation sites excluding steroid dienone is 1. The van der Waals surface area contributed by atoms with Gasteiger partial charge in [-0.3, -0.25) is 0 Å². The Kier molecular flexibility index (Phi) is 2.49. The molecule has 1 nitrogen and oxygen atoms in total. The molecule has 0 aromatic carbocycles. The lowest BCUT2D eigenvalue weighted by atomic mass is 10.1. The highest BCUT2D eigenvalue weighted by Crippen LogP contribution is 2.06. The molecule has 0 fully saturated rings. The summed E-state index contributed by atoms with van der Waals surface area (Å²) in [5.74, 6) is 0.558. The van der Waals surface area contributed by atoms with Gasteiger partial charge in [-0.1, -0.05) is 20.4 Å². The third-order valence-corrected chi connectivity index (χ3v) is 1.18. The summed E-state index contributed by atoms with van der Waals surface area (Å²) in [7, 11) is 0. The third-order valence-electron chi connectivity index (χ3n) is 1.18. The maximum atomic E-state index is 8.63. The van der Waals surface area contributed by atoms with E-state index in [0.29, 0.717) is 5.76 Å². The number of rotatable bonds is 2. The molecule has 0 radical (unpaired) electrons. The molecular weight excluding hydrogens is 88.1 g/mol. The molecule has 0 heterocycles. The van der Waals surface area contributed by atoms with Crippen molar-refractivity contribution in [2.24, 2.45) is 5.92 Å². The molecule has 1 N–H and O–H groups in total. The summed E-state index contributed by atoms with van der Waals surface area (Å²) in [6, 6.07) is 0. The van der Waals surface area contributed by atoms with Crippen LogP contribution in [0.3, 0.4) is 0 Å². The van der Waals surface area contributed by atoms with E-state index in [-0.39, 0.29) is 5.92 Å². The lowest BCUT2D eigenvalue weighted by Crippen LogP contribution is -1.93. The summed E-state index contributed by atoms with van der Waals surface area (Å²) < 4.78 is 0. The number of hydrogen-bond donors (Lipinski definition) is 1. The minimum atomic E-state index is 0.264. The van der Waals surface area contributed by atoms with Crippen molar-refractivity contribution in [1.29, 1.82) is 0 Å². The predicted molar refractivity (Wildman–Crippen MR) is 31.2 cm³/mol. The van der Waals surface area contributed by atoms with Crippen LogP contribution in [-0.4, -0.2) is 5.11 Å². The summed E-state index contributed by atoms with van der Waals surface area (Å²) in [5.41, 5.74) is 0. The molecule has 0 amide bonds. The van der Waals surface area contributed by atoms with Gasteiger partial charge in [-0.25, -0.2) is 0 Å². The van der Waals surface area contributed by atoms with Crippen LogP contribution in [0.25, 0.3) is 0 Å². The first-order chi connectivity index (χ1) is 3.18. The molecule has 0 aliphatic carbocycles. The van der Waals surface area contributed by atoms with Crippen LogP contribution in [0.2, 0.25) is 0 Å². The normalized spacial score (nSPS) is 13.4. The molecule has 1 heteroatoms. The molecule has 0 spiro atoms. The Hall–Kier alpha value is -0.460. The van der Waals surface area contributed by atoms with Crippen LogP contribution < -0.4 is 0 Å². The minimum Gasteiger partial charge on any atom is -0.513 e. The SMILES string of the molecule is C=C(O)[C@H](C)CC. The zero-order valence-electron chi connectivity index (χ0n) is 4.94. The summed E-state index contributed by atoms with van der Waals surface area (Å²) in [6.07, 6.45) is 0.968. The van der Waals surface area contributed by atoms with E-state index in [1.165, 1.54) is 0 Å². The van der Waals surface area contributed by atoms with Gasteiger partial charge in [-0.2, -0.15) is 0 Å². The Bertz CT molecular complexity index is 66.6. The Morgan fingerprint density at radius 2 is 2.29 bits per heavy atom. The van der Waals surface area contributed by atoms with E-state index in [4.69, 9.17) is 5.11 Å². The zero-order valence-corrected chi connectivity index (χ0v) is 4.94. The lowest BCUT2D eigenvalue weighted by molar-refractivity contribution is 0.339. The first kappa shape index (κ1) is 6.54. The van der Waals surface area contributed by atoms with Crippen LogP contribution in [0.15, 0.2) is 12.3 Å². The van der Waals surface area contributed by atoms with Gasteiger partial charge in [0, 0.05) is 5.92 Å². The third kappa shape index (κ3) is 2.26. The van der Waals surface area contributed by atoms with E-state index >= 15 is 0 Å². The fourth-order valence-corrected chi connectivity index (χ4v) is 0.236. The van der Waals surface area contributed by atoms with Crippen molar-refractivity contribution in [3.05, 3.63) is 12.3 Å². The molecule has 0 aliphatic rings. The Balaban J connectivity index is 3.34. The summed E-state index contributed by atoms with van der Waals surface area (Å²) in [4.78, 5) is 0. The van der Waals surface area contributed by atoms with Gasteiger partial charge in [0.25, 0.3) is 0 Å². The number of aliphatic hydroxyl groups is 1. The molecule has 0 bridgehead atoms. The lowest BCUT2D eigenvalue weighted by Gasteiger charge is -2.02. The van der Waals surface area contributed by atoms with E-state index in [2.05, 4.69) is 6.58 Å². The van der Waals surface area contributed by atoms with Crippen LogP contribution in [0, 0.1) is 5.92 Å². The topological polar surface area (TPSA) is 20.2 Å². The number of aliphatic hydroxyl groups excluding tert-OH is 1. The molecule has 7 heavy (non-hydrogen) atoms. The van der Waals surface area contributed by atoms with Crippen LogP contribution in [0.4, 0.5) is 0 Å². The monoisotopic (exact) mass is 100 g/mol. The average Bonchev–Trinajstić information content (AvgIpc) is 1.65. The van der Waals surface area contributed by atoms with Crippen molar-refractivity contribution in [1.82, 2.24) is 0 Å². The fourth-order valence-electron chi connectivity index (χ4n) is 0.236. The van der Waals surface area contributed by atoms with Gasteiger partial charge in [-0.05, 0) is 6.42 Å². The van der Waals surface area contributed by atoms with Crippen molar-refractivity contribution in [2.75, 3.05) is 0 Å². The van der Waals surface area contributed by atoms with Gasteiger partial charge >= 0.3 is 0 Å².